The van der Waals surface area contributed by atoms with Crippen LogP contribution in [-0.4, -0.2) is 20.6 Å². The van der Waals surface area contributed by atoms with Crippen LogP contribution in [0.1, 0.15) is 23.7 Å². The zero-order chi connectivity index (χ0) is 13.1. The van der Waals surface area contributed by atoms with Crippen molar-refractivity contribution in [1.29, 1.82) is 0 Å². The first-order valence-electron chi connectivity index (χ1n) is 5.52. The maximum Gasteiger partial charge on any atom is 0.304 e. The van der Waals surface area contributed by atoms with E-state index in [1.54, 1.807) is 6.20 Å². The monoisotopic (exact) mass is 308 g/mol. The normalized spacial score (nSPS) is 12.3. The molecule has 1 N–H and O–H groups in total. The van der Waals surface area contributed by atoms with Gasteiger partial charge in [0.05, 0.1) is 12.3 Å². The molecule has 0 aliphatic rings. The van der Waals surface area contributed by atoms with Gasteiger partial charge >= 0.3 is 5.97 Å². The maximum absolute atomic E-state index is 11.0. The van der Waals surface area contributed by atoms with Crippen molar-refractivity contribution >= 4 is 21.9 Å². The minimum Gasteiger partial charge on any atom is -0.481 e. The average molecular weight is 309 g/mol. The molecule has 0 aliphatic heterocycles. The number of carboxylic acids is 1. The fourth-order valence-corrected chi connectivity index (χ4v) is 2.21. The summed E-state index contributed by atoms with van der Waals surface area (Å²) in [6.45, 7) is 0. The second-order valence-electron chi connectivity index (χ2n) is 4.10. The third kappa shape index (κ3) is 2.79. The Hall–Kier alpha value is -1.62. The van der Waals surface area contributed by atoms with E-state index in [0.717, 1.165) is 15.9 Å². The lowest BCUT2D eigenvalue weighted by molar-refractivity contribution is -0.137. The predicted octanol–water partition coefficient (Wildman–Crippen LogP) is 2.79. The van der Waals surface area contributed by atoms with Gasteiger partial charge in [0.2, 0.25) is 0 Å². The molecule has 0 bridgehead atoms. The Morgan fingerprint density at radius 2 is 2.11 bits per heavy atom. The van der Waals surface area contributed by atoms with Gasteiger partial charge in [-0.15, -0.1) is 0 Å². The summed E-state index contributed by atoms with van der Waals surface area (Å²) < 4.78 is 2.83. The number of rotatable bonds is 4. The number of aliphatic carboxylic acids is 1. The highest BCUT2D eigenvalue weighted by molar-refractivity contribution is 9.10. The Morgan fingerprint density at radius 1 is 1.44 bits per heavy atom. The lowest BCUT2D eigenvalue weighted by Gasteiger charge is -2.15. The fourth-order valence-electron chi connectivity index (χ4n) is 1.94. The molecular formula is C13H13BrN2O2. The number of halogens is 1. The van der Waals surface area contributed by atoms with Crippen molar-refractivity contribution < 1.29 is 9.90 Å². The van der Waals surface area contributed by atoms with E-state index >= 15 is 0 Å². The van der Waals surface area contributed by atoms with E-state index in [4.69, 9.17) is 5.11 Å². The van der Waals surface area contributed by atoms with Gasteiger partial charge in [-0.05, 0) is 17.7 Å². The Labute approximate surface area is 113 Å². The minimum atomic E-state index is -0.828. The van der Waals surface area contributed by atoms with Gasteiger partial charge in [-0.2, -0.15) is 0 Å². The molecule has 1 aromatic heterocycles. The van der Waals surface area contributed by atoms with E-state index in [9.17, 15) is 4.79 Å². The van der Waals surface area contributed by atoms with E-state index in [1.807, 2.05) is 42.1 Å². The smallest absolute Gasteiger partial charge is 0.304 e. The minimum absolute atomic E-state index is 0.0342. The highest BCUT2D eigenvalue weighted by atomic mass is 79.9. The second-order valence-corrected chi connectivity index (χ2v) is 5.01. The Morgan fingerprint density at radius 3 is 2.61 bits per heavy atom. The van der Waals surface area contributed by atoms with Crippen molar-refractivity contribution in [3.8, 4) is 0 Å². The van der Waals surface area contributed by atoms with Gasteiger partial charge in [0, 0.05) is 23.9 Å². The number of carboxylic acid groups (broad SMARTS) is 1. The summed E-state index contributed by atoms with van der Waals surface area (Å²) in [7, 11) is 1.87. The van der Waals surface area contributed by atoms with Crippen LogP contribution in [0.15, 0.2) is 41.1 Å². The maximum atomic E-state index is 11.0. The molecule has 1 unspecified atom stereocenters. The van der Waals surface area contributed by atoms with E-state index < -0.39 is 5.97 Å². The average Bonchev–Trinajstić information content (AvgIpc) is 2.73. The zero-order valence-electron chi connectivity index (χ0n) is 9.88. The summed E-state index contributed by atoms with van der Waals surface area (Å²) in [6, 6.07) is 7.67. The Kier molecular flexibility index (Phi) is 3.81. The molecule has 94 valence electrons. The van der Waals surface area contributed by atoms with Gasteiger partial charge in [-0.3, -0.25) is 4.79 Å². The Balaban J connectivity index is 2.39. The zero-order valence-corrected chi connectivity index (χ0v) is 11.5. The van der Waals surface area contributed by atoms with Crippen LogP contribution >= 0.6 is 15.9 Å². The predicted molar refractivity (Wildman–Crippen MR) is 71.4 cm³/mol. The first-order valence-corrected chi connectivity index (χ1v) is 6.31. The van der Waals surface area contributed by atoms with Crippen molar-refractivity contribution in [3.05, 3.63) is 52.5 Å². The van der Waals surface area contributed by atoms with Crippen molar-refractivity contribution in [2.24, 2.45) is 7.05 Å². The van der Waals surface area contributed by atoms with E-state index in [0.29, 0.717) is 0 Å². The molecule has 0 aliphatic carbocycles. The summed E-state index contributed by atoms with van der Waals surface area (Å²) in [5.74, 6) is -0.291. The van der Waals surface area contributed by atoms with Crippen molar-refractivity contribution in [3.63, 3.8) is 0 Å². The van der Waals surface area contributed by atoms with Gasteiger partial charge < -0.3 is 9.67 Å². The van der Waals surface area contributed by atoms with Crippen molar-refractivity contribution in [1.82, 2.24) is 9.55 Å². The number of imidazole rings is 1. The van der Waals surface area contributed by atoms with Crippen LogP contribution in [0.5, 0.6) is 0 Å². The van der Waals surface area contributed by atoms with Gasteiger partial charge in [0.25, 0.3) is 0 Å². The molecule has 0 fully saturated rings. The summed E-state index contributed by atoms with van der Waals surface area (Å²) in [5, 5.41) is 9.04. The molecule has 0 saturated carbocycles. The molecule has 2 rings (SSSR count). The van der Waals surface area contributed by atoms with Crippen LogP contribution in [0.25, 0.3) is 0 Å². The molecule has 1 atom stereocenters. The fraction of sp³-hybridized carbons (Fsp3) is 0.231. The summed E-state index contributed by atoms with van der Waals surface area (Å²) in [5.41, 5.74) is 0.954. The van der Waals surface area contributed by atoms with Gasteiger partial charge in [0.1, 0.15) is 5.82 Å². The van der Waals surface area contributed by atoms with E-state index in [1.165, 1.54) is 0 Å². The quantitative estimate of drug-likeness (QED) is 0.945. The van der Waals surface area contributed by atoms with Crippen LogP contribution in [0.2, 0.25) is 0 Å². The topological polar surface area (TPSA) is 55.1 Å². The lowest BCUT2D eigenvalue weighted by Crippen LogP contribution is -2.12. The third-order valence-corrected chi connectivity index (χ3v) is 3.35. The van der Waals surface area contributed by atoms with Gasteiger partial charge in [-0.1, -0.05) is 28.1 Å². The molecule has 0 spiro atoms. The van der Waals surface area contributed by atoms with Crippen molar-refractivity contribution in [2.45, 2.75) is 12.3 Å². The van der Waals surface area contributed by atoms with Gasteiger partial charge in [-0.25, -0.2) is 4.98 Å². The molecular weight excluding hydrogens is 296 g/mol. The molecule has 0 saturated heterocycles. The van der Waals surface area contributed by atoms with Crippen LogP contribution < -0.4 is 0 Å². The first kappa shape index (κ1) is 12.8. The van der Waals surface area contributed by atoms with Crippen LogP contribution in [0, 0.1) is 0 Å². The van der Waals surface area contributed by atoms with E-state index in [-0.39, 0.29) is 12.3 Å². The standard InChI is InChI=1S/C13H13BrN2O2/c1-16-7-6-15-13(16)11(8-12(17)18)9-2-4-10(14)5-3-9/h2-7,11H,8H2,1H3,(H,17,18). The SMILES string of the molecule is Cn1ccnc1C(CC(=O)O)c1ccc(Br)cc1. The number of carbonyl (C=O) groups is 1. The first-order chi connectivity index (χ1) is 8.58. The largest absolute Gasteiger partial charge is 0.481 e. The summed E-state index contributed by atoms with van der Waals surface area (Å²) in [4.78, 5) is 15.3. The van der Waals surface area contributed by atoms with Crippen LogP contribution in [0.3, 0.4) is 0 Å². The van der Waals surface area contributed by atoms with Crippen LogP contribution in [0.4, 0.5) is 0 Å². The number of nitrogens with zero attached hydrogens (tertiary/aromatic N) is 2. The molecule has 18 heavy (non-hydrogen) atoms. The van der Waals surface area contributed by atoms with Crippen LogP contribution in [-0.2, 0) is 11.8 Å². The molecule has 0 amide bonds. The number of aryl methyl sites for hydroxylation is 1. The molecule has 1 heterocycles. The third-order valence-electron chi connectivity index (χ3n) is 2.82. The second kappa shape index (κ2) is 5.35. The summed E-state index contributed by atoms with van der Waals surface area (Å²) in [6.07, 6.45) is 3.54. The molecule has 1 aromatic carbocycles. The van der Waals surface area contributed by atoms with Gasteiger partial charge in [0.15, 0.2) is 0 Å². The molecule has 4 nitrogen and oxygen atoms in total. The number of aromatic nitrogens is 2. The highest BCUT2D eigenvalue weighted by Gasteiger charge is 2.21. The Bertz CT molecular complexity index is 548. The number of hydrogen-bond donors (Lipinski definition) is 1. The summed E-state index contributed by atoms with van der Waals surface area (Å²) >= 11 is 3.37. The highest BCUT2D eigenvalue weighted by Crippen LogP contribution is 2.27. The number of hydrogen-bond acceptors (Lipinski definition) is 2. The van der Waals surface area contributed by atoms with Crippen molar-refractivity contribution in [2.75, 3.05) is 0 Å². The lowest BCUT2D eigenvalue weighted by atomic mass is 9.95. The molecule has 2 aromatic rings. The van der Waals surface area contributed by atoms with E-state index in [2.05, 4.69) is 20.9 Å². The number of benzene rings is 1. The molecule has 0 radical (unpaired) electrons. The molecule has 5 heteroatoms.